The number of furan rings is 1. The zero-order chi connectivity index (χ0) is 15.4. The Labute approximate surface area is 124 Å². The number of carbonyl (C=O) groups is 1. The maximum atomic E-state index is 11.4. The van der Waals surface area contributed by atoms with Crippen molar-refractivity contribution < 1.29 is 13.9 Å². The molecule has 1 aromatic carbocycles. The predicted molar refractivity (Wildman–Crippen MR) is 80.0 cm³/mol. The average molecular weight is 288 g/mol. The third-order valence-electron chi connectivity index (χ3n) is 3.32. The van der Waals surface area contributed by atoms with E-state index in [1.807, 2.05) is 17.6 Å². The van der Waals surface area contributed by atoms with Crippen LogP contribution >= 0.6 is 0 Å². The minimum atomic E-state index is -0.453. The van der Waals surface area contributed by atoms with Crippen LogP contribution in [0.15, 0.2) is 34.7 Å². The predicted octanol–water partition coefficient (Wildman–Crippen LogP) is 2.89. The van der Waals surface area contributed by atoms with Crippen molar-refractivity contribution in [2.75, 3.05) is 0 Å². The molecule has 0 aliphatic heterocycles. The first-order chi connectivity index (χ1) is 10.0. The van der Waals surface area contributed by atoms with E-state index in [9.17, 15) is 4.79 Å². The molecule has 112 valence electrons. The number of nitrogens with two attached hydrogens (primary N) is 1. The Morgan fingerprint density at radius 2 is 2.00 bits per heavy atom. The van der Waals surface area contributed by atoms with Crippen LogP contribution in [0.4, 0.5) is 0 Å². The third-order valence-corrected chi connectivity index (χ3v) is 3.32. The molecule has 2 rings (SSSR count). The molecule has 0 unspecified atom stereocenters. The second kappa shape index (κ2) is 6.45. The number of benzene rings is 1. The molecular weight excluding hydrogens is 268 g/mol. The molecule has 0 atom stereocenters. The fourth-order valence-corrected chi connectivity index (χ4v) is 1.96. The van der Waals surface area contributed by atoms with Gasteiger partial charge in [-0.15, -0.1) is 0 Å². The Bertz CT molecular complexity index is 615. The van der Waals surface area contributed by atoms with Gasteiger partial charge in [-0.2, -0.15) is 0 Å². The number of hydrogen-bond acceptors (Lipinski definition) is 4. The molecule has 0 saturated heterocycles. The number of hydrogen-bond donors (Lipinski definition) is 2. The van der Waals surface area contributed by atoms with Gasteiger partial charge in [0.1, 0.15) is 18.1 Å². The lowest BCUT2D eigenvalue weighted by atomic mass is 10.0. The van der Waals surface area contributed by atoms with Crippen LogP contribution in [0.5, 0.6) is 5.75 Å². The van der Waals surface area contributed by atoms with Gasteiger partial charge in [0.15, 0.2) is 5.76 Å². The van der Waals surface area contributed by atoms with Crippen molar-refractivity contribution in [2.24, 2.45) is 5.84 Å². The van der Waals surface area contributed by atoms with E-state index >= 15 is 0 Å². The first kappa shape index (κ1) is 15.1. The summed E-state index contributed by atoms with van der Waals surface area (Å²) in [7, 11) is 0. The highest BCUT2D eigenvalue weighted by Crippen LogP contribution is 2.21. The van der Waals surface area contributed by atoms with Gasteiger partial charge in [0.25, 0.3) is 0 Å². The first-order valence-corrected chi connectivity index (χ1v) is 6.84. The number of hydrazine groups is 1. The molecule has 0 fully saturated rings. The summed E-state index contributed by atoms with van der Waals surface area (Å²) in [5.41, 5.74) is 4.13. The summed E-state index contributed by atoms with van der Waals surface area (Å²) in [6.07, 6.45) is 0. The fourth-order valence-electron chi connectivity index (χ4n) is 1.96. The van der Waals surface area contributed by atoms with Gasteiger partial charge in [-0.25, -0.2) is 5.84 Å². The quantitative estimate of drug-likeness (QED) is 0.504. The molecule has 3 N–H and O–H groups in total. The van der Waals surface area contributed by atoms with E-state index in [1.165, 1.54) is 5.56 Å². The Hall–Kier alpha value is -2.27. The SMILES string of the molecule is Cc1oc(C(=O)NN)cc1COc1ccc(C(C)C)cc1. The van der Waals surface area contributed by atoms with Gasteiger partial charge in [-0.3, -0.25) is 10.2 Å². The number of carbonyl (C=O) groups excluding carboxylic acids is 1. The molecule has 1 amide bonds. The van der Waals surface area contributed by atoms with Gasteiger partial charge in [0, 0.05) is 5.56 Å². The van der Waals surface area contributed by atoms with Crippen molar-refractivity contribution in [1.29, 1.82) is 0 Å². The summed E-state index contributed by atoms with van der Waals surface area (Å²) >= 11 is 0. The lowest BCUT2D eigenvalue weighted by Gasteiger charge is -2.08. The third kappa shape index (κ3) is 3.64. The summed E-state index contributed by atoms with van der Waals surface area (Å²) in [4.78, 5) is 11.4. The van der Waals surface area contributed by atoms with Crippen molar-refractivity contribution in [3.63, 3.8) is 0 Å². The highest BCUT2D eigenvalue weighted by Gasteiger charge is 2.13. The number of aryl methyl sites for hydroxylation is 1. The summed E-state index contributed by atoms with van der Waals surface area (Å²) < 4.78 is 11.0. The van der Waals surface area contributed by atoms with Crippen molar-refractivity contribution >= 4 is 5.91 Å². The monoisotopic (exact) mass is 288 g/mol. The van der Waals surface area contributed by atoms with Crippen LogP contribution in [-0.2, 0) is 6.61 Å². The van der Waals surface area contributed by atoms with Crippen LogP contribution in [0.25, 0.3) is 0 Å². The molecule has 0 radical (unpaired) electrons. The Morgan fingerprint density at radius 1 is 1.33 bits per heavy atom. The fraction of sp³-hybridized carbons (Fsp3) is 0.312. The standard InChI is InChI=1S/C16H20N2O3/c1-10(2)12-4-6-14(7-5-12)20-9-13-8-15(16(19)18-17)21-11(13)3/h4-8,10H,9,17H2,1-3H3,(H,18,19). The smallest absolute Gasteiger partial charge is 0.300 e. The number of amides is 1. The molecule has 5 nitrogen and oxygen atoms in total. The molecule has 0 aliphatic carbocycles. The van der Waals surface area contributed by atoms with E-state index in [2.05, 4.69) is 26.0 Å². The van der Waals surface area contributed by atoms with Gasteiger partial charge in [0.2, 0.25) is 0 Å². The average Bonchev–Trinajstić information content (AvgIpc) is 2.86. The molecule has 21 heavy (non-hydrogen) atoms. The Morgan fingerprint density at radius 3 is 2.57 bits per heavy atom. The van der Waals surface area contributed by atoms with Crippen molar-refractivity contribution in [3.05, 3.63) is 53.0 Å². The number of nitrogens with one attached hydrogen (secondary N) is 1. The van der Waals surface area contributed by atoms with E-state index in [-0.39, 0.29) is 5.76 Å². The zero-order valence-electron chi connectivity index (χ0n) is 12.5. The second-order valence-corrected chi connectivity index (χ2v) is 5.18. The molecule has 1 aromatic heterocycles. The summed E-state index contributed by atoms with van der Waals surface area (Å²) in [6, 6.07) is 9.63. The normalized spacial score (nSPS) is 10.7. The molecule has 0 spiro atoms. The zero-order valence-corrected chi connectivity index (χ0v) is 12.5. The summed E-state index contributed by atoms with van der Waals surface area (Å²) in [5.74, 6) is 6.73. The van der Waals surface area contributed by atoms with Crippen LogP contribution < -0.4 is 16.0 Å². The van der Waals surface area contributed by atoms with Gasteiger partial charge in [-0.05, 0) is 36.6 Å². The van der Waals surface area contributed by atoms with Crippen LogP contribution in [0.1, 0.15) is 47.2 Å². The molecule has 2 aromatic rings. The van der Waals surface area contributed by atoms with E-state index in [0.29, 0.717) is 18.3 Å². The lowest BCUT2D eigenvalue weighted by molar-refractivity contribution is 0.0924. The Balaban J connectivity index is 2.02. The van der Waals surface area contributed by atoms with Gasteiger partial charge in [-0.1, -0.05) is 26.0 Å². The summed E-state index contributed by atoms with van der Waals surface area (Å²) in [6.45, 7) is 6.42. The second-order valence-electron chi connectivity index (χ2n) is 5.18. The lowest BCUT2D eigenvalue weighted by Crippen LogP contribution is -2.29. The topological polar surface area (TPSA) is 77.5 Å². The Kier molecular flexibility index (Phi) is 4.65. The molecule has 0 bridgehead atoms. The molecular formula is C16H20N2O3. The number of ether oxygens (including phenoxy) is 1. The van der Waals surface area contributed by atoms with E-state index < -0.39 is 5.91 Å². The summed E-state index contributed by atoms with van der Waals surface area (Å²) in [5, 5.41) is 0. The van der Waals surface area contributed by atoms with Crippen LogP contribution in [-0.4, -0.2) is 5.91 Å². The molecule has 0 saturated carbocycles. The van der Waals surface area contributed by atoms with E-state index in [4.69, 9.17) is 15.0 Å². The number of nitrogen functional groups attached to an aromatic ring is 1. The maximum Gasteiger partial charge on any atom is 0.300 e. The first-order valence-electron chi connectivity index (χ1n) is 6.84. The van der Waals surface area contributed by atoms with E-state index in [0.717, 1.165) is 11.3 Å². The number of rotatable bonds is 5. The minimum Gasteiger partial charge on any atom is -0.489 e. The maximum absolute atomic E-state index is 11.4. The van der Waals surface area contributed by atoms with Crippen molar-refractivity contribution in [1.82, 2.24) is 5.43 Å². The van der Waals surface area contributed by atoms with Gasteiger partial charge < -0.3 is 9.15 Å². The highest BCUT2D eigenvalue weighted by molar-refractivity contribution is 5.91. The largest absolute Gasteiger partial charge is 0.489 e. The van der Waals surface area contributed by atoms with Crippen LogP contribution in [0.2, 0.25) is 0 Å². The van der Waals surface area contributed by atoms with Crippen molar-refractivity contribution in [3.8, 4) is 5.75 Å². The molecule has 1 heterocycles. The van der Waals surface area contributed by atoms with Gasteiger partial charge in [0.05, 0.1) is 0 Å². The van der Waals surface area contributed by atoms with E-state index in [1.54, 1.807) is 13.0 Å². The van der Waals surface area contributed by atoms with Gasteiger partial charge >= 0.3 is 5.91 Å². The minimum absolute atomic E-state index is 0.184. The van der Waals surface area contributed by atoms with Crippen LogP contribution in [0, 0.1) is 6.92 Å². The highest BCUT2D eigenvalue weighted by atomic mass is 16.5. The van der Waals surface area contributed by atoms with Crippen LogP contribution in [0.3, 0.4) is 0 Å². The molecule has 0 aliphatic rings. The van der Waals surface area contributed by atoms with Crippen molar-refractivity contribution in [2.45, 2.75) is 33.3 Å². The molecule has 5 heteroatoms.